The fourth-order valence-corrected chi connectivity index (χ4v) is 3.22. The molecule has 1 heterocycles. The molecule has 25 heavy (non-hydrogen) atoms. The first-order valence-electron chi connectivity index (χ1n) is 10.4. The van der Waals surface area contributed by atoms with Gasteiger partial charge in [-0.1, -0.05) is 90.4 Å². The van der Waals surface area contributed by atoms with Gasteiger partial charge < -0.3 is 4.74 Å². The maximum absolute atomic E-state index is 11.5. The highest BCUT2D eigenvalue weighted by Crippen LogP contribution is 2.13. The largest absolute Gasteiger partial charge is 0.349 e. The molecule has 1 saturated heterocycles. The van der Waals surface area contributed by atoms with Crippen LogP contribution in [0.15, 0.2) is 0 Å². The topological polar surface area (TPSA) is 58.6 Å². The molecular formula is C20H38N2O3. The van der Waals surface area contributed by atoms with E-state index in [-0.39, 0.29) is 11.9 Å². The summed E-state index contributed by atoms with van der Waals surface area (Å²) in [4.78, 5) is 24.1. The Kier molecular flexibility index (Phi) is 12.4. The van der Waals surface area contributed by atoms with Crippen LogP contribution in [0.25, 0.3) is 0 Å². The highest BCUT2D eigenvalue weighted by molar-refractivity contribution is 6.03. The summed E-state index contributed by atoms with van der Waals surface area (Å²) in [5, 5.41) is 2.24. The molecule has 1 aliphatic heterocycles. The number of imide groups is 1. The predicted octanol–water partition coefficient (Wildman–Crippen LogP) is 4.99. The Hall–Kier alpha value is -1.10. The summed E-state index contributed by atoms with van der Waals surface area (Å²) >= 11 is 0. The standard InChI is InChI=1S/C20H38N2O3/c1-3-4-5-6-7-8-9-10-11-12-13-14-15-16-17-25-19-18(23)21-20(24)22(19)2/h19H,3-17H2,1-2H3,(H,21,23,24). The number of unbranched alkanes of at least 4 members (excludes halogenated alkanes) is 13. The lowest BCUT2D eigenvalue weighted by Gasteiger charge is -2.16. The smallest absolute Gasteiger partial charge is 0.326 e. The van der Waals surface area contributed by atoms with Crippen molar-refractivity contribution in [1.29, 1.82) is 0 Å². The number of ether oxygens (including phenoxy) is 1. The van der Waals surface area contributed by atoms with Crippen molar-refractivity contribution in [3.05, 3.63) is 0 Å². The summed E-state index contributed by atoms with van der Waals surface area (Å²) in [5.41, 5.74) is 0. The number of nitrogens with one attached hydrogen (secondary N) is 1. The third-order valence-corrected chi connectivity index (χ3v) is 4.90. The van der Waals surface area contributed by atoms with E-state index in [1.165, 1.54) is 81.9 Å². The summed E-state index contributed by atoms with van der Waals surface area (Å²) < 4.78 is 5.50. The molecule has 0 aromatic rings. The minimum atomic E-state index is -0.741. The van der Waals surface area contributed by atoms with Crippen molar-refractivity contribution in [2.75, 3.05) is 13.7 Å². The summed E-state index contributed by atoms with van der Waals surface area (Å²) in [6.45, 7) is 2.80. The van der Waals surface area contributed by atoms with Crippen LogP contribution in [0, 0.1) is 0 Å². The molecule has 3 amide bonds. The van der Waals surface area contributed by atoms with Gasteiger partial charge in [0.05, 0.1) is 0 Å². The molecule has 0 bridgehead atoms. The van der Waals surface area contributed by atoms with Crippen molar-refractivity contribution in [2.45, 2.75) is 103 Å². The SMILES string of the molecule is CCCCCCCCCCCCCCCCOC1C(=O)NC(=O)N1C. The number of nitrogens with zero attached hydrogens (tertiary/aromatic N) is 1. The van der Waals surface area contributed by atoms with E-state index in [1.807, 2.05) is 0 Å². The molecule has 0 spiro atoms. The van der Waals surface area contributed by atoms with Gasteiger partial charge in [0, 0.05) is 13.7 Å². The maximum atomic E-state index is 11.5. The van der Waals surface area contributed by atoms with Crippen molar-refractivity contribution in [3.8, 4) is 0 Å². The van der Waals surface area contributed by atoms with Gasteiger partial charge in [-0.05, 0) is 6.42 Å². The second-order valence-electron chi connectivity index (χ2n) is 7.22. The molecule has 1 N–H and O–H groups in total. The molecule has 146 valence electrons. The number of hydrogen-bond acceptors (Lipinski definition) is 3. The molecule has 1 unspecified atom stereocenters. The van der Waals surface area contributed by atoms with Gasteiger partial charge in [-0.15, -0.1) is 0 Å². The highest BCUT2D eigenvalue weighted by atomic mass is 16.5. The van der Waals surface area contributed by atoms with Crippen LogP contribution in [-0.2, 0) is 9.53 Å². The molecule has 1 atom stereocenters. The van der Waals surface area contributed by atoms with Crippen molar-refractivity contribution < 1.29 is 14.3 Å². The van der Waals surface area contributed by atoms with Crippen LogP contribution in [0.2, 0.25) is 0 Å². The van der Waals surface area contributed by atoms with Crippen molar-refractivity contribution in [3.63, 3.8) is 0 Å². The Morgan fingerprint density at radius 1 is 0.800 bits per heavy atom. The third-order valence-electron chi connectivity index (χ3n) is 4.90. The summed E-state index contributed by atoms with van der Waals surface area (Å²) in [6, 6.07) is -0.379. The number of urea groups is 1. The number of carbonyl (C=O) groups excluding carboxylic acids is 2. The van der Waals surface area contributed by atoms with Gasteiger partial charge in [0.25, 0.3) is 5.91 Å². The van der Waals surface area contributed by atoms with E-state index in [4.69, 9.17) is 4.74 Å². The van der Waals surface area contributed by atoms with Crippen molar-refractivity contribution >= 4 is 11.9 Å². The molecule has 0 saturated carbocycles. The first kappa shape index (κ1) is 21.9. The molecule has 0 aromatic heterocycles. The Morgan fingerprint density at radius 2 is 1.24 bits per heavy atom. The monoisotopic (exact) mass is 354 g/mol. The first-order chi connectivity index (χ1) is 12.2. The molecule has 1 fully saturated rings. The number of carbonyl (C=O) groups is 2. The number of amides is 3. The van der Waals surface area contributed by atoms with Gasteiger partial charge in [-0.3, -0.25) is 15.0 Å². The normalized spacial score (nSPS) is 17.4. The maximum Gasteiger partial charge on any atom is 0.326 e. The Labute approximate surface area is 153 Å². The molecule has 0 aromatic carbocycles. The zero-order chi connectivity index (χ0) is 18.3. The van der Waals surface area contributed by atoms with Crippen LogP contribution >= 0.6 is 0 Å². The van der Waals surface area contributed by atoms with E-state index in [1.54, 1.807) is 7.05 Å². The molecule has 0 radical (unpaired) electrons. The van der Waals surface area contributed by atoms with E-state index in [2.05, 4.69) is 12.2 Å². The van der Waals surface area contributed by atoms with Crippen LogP contribution in [0.3, 0.4) is 0 Å². The van der Waals surface area contributed by atoms with E-state index in [0.717, 1.165) is 12.8 Å². The first-order valence-corrected chi connectivity index (χ1v) is 10.4. The van der Waals surface area contributed by atoms with Crippen molar-refractivity contribution in [2.24, 2.45) is 0 Å². The Bertz CT molecular complexity index is 374. The molecule has 1 aliphatic rings. The number of likely N-dealkylation sites (N-methyl/N-ethyl adjacent to an activating group) is 1. The van der Waals surface area contributed by atoms with Gasteiger partial charge >= 0.3 is 6.03 Å². The van der Waals surface area contributed by atoms with E-state index in [0.29, 0.717) is 6.61 Å². The third kappa shape index (κ3) is 9.83. The minimum Gasteiger partial charge on any atom is -0.349 e. The quantitative estimate of drug-likeness (QED) is 0.314. The second kappa shape index (κ2) is 14.1. The van der Waals surface area contributed by atoms with Crippen LogP contribution in [0.1, 0.15) is 96.8 Å². The van der Waals surface area contributed by atoms with Gasteiger partial charge in [0.1, 0.15) is 0 Å². The lowest BCUT2D eigenvalue weighted by molar-refractivity contribution is -0.135. The van der Waals surface area contributed by atoms with Crippen LogP contribution in [-0.4, -0.2) is 36.7 Å². The van der Waals surface area contributed by atoms with E-state index in [9.17, 15) is 9.59 Å². The van der Waals surface area contributed by atoms with Crippen molar-refractivity contribution in [1.82, 2.24) is 10.2 Å². The average Bonchev–Trinajstić information content (AvgIpc) is 2.84. The minimum absolute atomic E-state index is 0.349. The molecule has 0 aliphatic carbocycles. The fourth-order valence-electron chi connectivity index (χ4n) is 3.22. The molecule has 1 rings (SSSR count). The zero-order valence-corrected chi connectivity index (χ0v) is 16.4. The van der Waals surface area contributed by atoms with E-state index < -0.39 is 6.23 Å². The van der Waals surface area contributed by atoms with Gasteiger partial charge in [-0.25, -0.2) is 4.79 Å². The summed E-state index contributed by atoms with van der Waals surface area (Å²) in [7, 11) is 1.58. The Morgan fingerprint density at radius 3 is 1.64 bits per heavy atom. The van der Waals surface area contributed by atoms with Gasteiger partial charge in [0.15, 0.2) is 0 Å². The summed E-state index contributed by atoms with van der Waals surface area (Å²) in [6.07, 6.45) is 17.7. The summed E-state index contributed by atoms with van der Waals surface area (Å²) in [5.74, 6) is -0.349. The van der Waals surface area contributed by atoms with Gasteiger partial charge in [-0.2, -0.15) is 0 Å². The van der Waals surface area contributed by atoms with E-state index >= 15 is 0 Å². The predicted molar refractivity (Wildman–Crippen MR) is 101 cm³/mol. The lowest BCUT2D eigenvalue weighted by Crippen LogP contribution is -2.34. The van der Waals surface area contributed by atoms with Crippen LogP contribution in [0.4, 0.5) is 4.79 Å². The fraction of sp³-hybridized carbons (Fsp3) is 0.900. The zero-order valence-electron chi connectivity index (χ0n) is 16.4. The Balaban J connectivity index is 1.79. The van der Waals surface area contributed by atoms with Crippen LogP contribution < -0.4 is 5.32 Å². The molecule has 5 nitrogen and oxygen atoms in total. The lowest BCUT2D eigenvalue weighted by atomic mass is 10.0. The van der Waals surface area contributed by atoms with Crippen LogP contribution in [0.5, 0.6) is 0 Å². The molecule has 5 heteroatoms. The number of hydrogen-bond donors (Lipinski definition) is 1. The number of rotatable bonds is 16. The average molecular weight is 355 g/mol. The van der Waals surface area contributed by atoms with Gasteiger partial charge in [0.2, 0.25) is 6.23 Å². The highest BCUT2D eigenvalue weighted by Gasteiger charge is 2.36. The molecular weight excluding hydrogens is 316 g/mol. The second-order valence-corrected chi connectivity index (χ2v) is 7.22.